The summed E-state index contributed by atoms with van der Waals surface area (Å²) in [6.07, 6.45) is 2.43. The smallest absolute Gasteiger partial charge is 0.308 e. The normalized spacial score (nSPS) is 25.5. The average Bonchev–Trinajstić information content (AvgIpc) is 3.08. The Morgan fingerprint density at radius 3 is 2.62 bits per heavy atom. The molecule has 0 aromatic heterocycles. The van der Waals surface area contributed by atoms with Crippen LogP contribution in [0.2, 0.25) is 0 Å². The Labute approximate surface area is 153 Å². The Balaban J connectivity index is 1.74. The maximum Gasteiger partial charge on any atom is 0.308 e. The van der Waals surface area contributed by atoms with Gasteiger partial charge in [0.15, 0.2) is 0 Å². The van der Waals surface area contributed by atoms with Crippen LogP contribution in [0.4, 0.5) is 4.39 Å². The molecule has 3 unspecified atom stereocenters. The number of carboxylic acid groups (broad SMARTS) is 1. The monoisotopic (exact) mass is 362 g/mol. The van der Waals surface area contributed by atoms with Crippen molar-refractivity contribution in [2.75, 3.05) is 6.54 Å². The van der Waals surface area contributed by atoms with Crippen molar-refractivity contribution in [2.45, 2.75) is 64.2 Å². The first-order valence-corrected chi connectivity index (χ1v) is 9.20. The predicted molar refractivity (Wildman–Crippen MR) is 96.0 cm³/mol. The Bertz CT molecular complexity index is 701. The molecule has 5 nitrogen and oxygen atoms in total. The van der Waals surface area contributed by atoms with Crippen LogP contribution >= 0.6 is 0 Å². The maximum atomic E-state index is 13.5. The van der Waals surface area contributed by atoms with Crippen LogP contribution in [0, 0.1) is 11.7 Å². The standard InChI is InChI=1S/C20H27FN2O3/c1-20(2,3)23(11-13-5-4-6-14(21)9-13)18(24)12-22-15-7-8-17(22)16(10-15)19(25)26/h4-6,9,15-17H,7-8,10-12H2,1-3H3,(H,25,26). The Kier molecular flexibility index (Phi) is 5.06. The molecule has 2 saturated heterocycles. The molecule has 142 valence electrons. The van der Waals surface area contributed by atoms with Gasteiger partial charge in [-0.05, 0) is 57.7 Å². The number of carboxylic acids is 1. The molecule has 26 heavy (non-hydrogen) atoms. The van der Waals surface area contributed by atoms with Crippen LogP contribution in [0.15, 0.2) is 24.3 Å². The quantitative estimate of drug-likeness (QED) is 0.875. The topological polar surface area (TPSA) is 60.9 Å². The number of aliphatic carboxylic acids is 1. The summed E-state index contributed by atoms with van der Waals surface area (Å²) in [5, 5.41) is 9.39. The second-order valence-electron chi connectivity index (χ2n) is 8.43. The number of benzene rings is 1. The van der Waals surface area contributed by atoms with E-state index in [1.54, 1.807) is 11.0 Å². The summed E-state index contributed by atoms with van der Waals surface area (Å²) in [7, 11) is 0. The van der Waals surface area contributed by atoms with Crippen LogP contribution in [-0.4, -0.2) is 51.0 Å². The van der Waals surface area contributed by atoms with E-state index in [4.69, 9.17) is 0 Å². The minimum absolute atomic E-state index is 0.0373. The number of halogens is 1. The van der Waals surface area contributed by atoms with Gasteiger partial charge in [0.25, 0.3) is 0 Å². The zero-order valence-electron chi connectivity index (χ0n) is 15.6. The van der Waals surface area contributed by atoms with Gasteiger partial charge >= 0.3 is 5.97 Å². The van der Waals surface area contributed by atoms with Crippen LogP contribution in [0.25, 0.3) is 0 Å². The van der Waals surface area contributed by atoms with Crippen molar-refractivity contribution >= 4 is 11.9 Å². The van der Waals surface area contributed by atoms with Crippen molar-refractivity contribution in [3.63, 3.8) is 0 Å². The van der Waals surface area contributed by atoms with E-state index in [9.17, 15) is 19.1 Å². The molecule has 2 aliphatic heterocycles. The summed E-state index contributed by atoms with van der Waals surface area (Å²) in [6.45, 7) is 6.45. The highest BCUT2D eigenvalue weighted by Gasteiger charge is 2.50. The predicted octanol–water partition coefficient (Wildman–Crippen LogP) is 2.89. The number of fused-ring (bicyclic) bond motifs is 2. The van der Waals surface area contributed by atoms with Crippen LogP contribution < -0.4 is 0 Å². The maximum absolute atomic E-state index is 13.5. The molecule has 2 bridgehead atoms. The number of hydrogen-bond acceptors (Lipinski definition) is 3. The second kappa shape index (κ2) is 6.99. The molecular weight excluding hydrogens is 335 g/mol. The molecule has 2 fully saturated rings. The molecule has 6 heteroatoms. The number of carbonyl (C=O) groups is 2. The van der Waals surface area contributed by atoms with Gasteiger partial charge in [-0.1, -0.05) is 12.1 Å². The van der Waals surface area contributed by atoms with E-state index in [-0.39, 0.29) is 36.3 Å². The van der Waals surface area contributed by atoms with Gasteiger partial charge in [0.05, 0.1) is 12.5 Å². The summed E-state index contributed by atoms with van der Waals surface area (Å²) in [5.74, 6) is -1.48. The number of hydrogen-bond donors (Lipinski definition) is 1. The molecule has 0 spiro atoms. The summed E-state index contributed by atoms with van der Waals surface area (Å²) in [6, 6.07) is 6.44. The van der Waals surface area contributed by atoms with Crippen molar-refractivity contribution in [3.05, 3.63) is 35.6 Å². The fourth-order valence-electron chi connectivity index (χ4n) is 4.37. The van der Waals surface area contributed by atoms with Crippen molar-refractivity contribution < 1.29 is 19.1 Å². The fraction of sp³-hybridized carbons (Fsp3) is 0.600. The van der Waals surface area contributed by atoms with Crippen molar-refractivity contribution in [1.29, 1.82) is 0 Å². The largest absolute Gasteiger partial charge is 0.481 e. The minimum atomic E-state index is -0.762. The minimum Gasteiger partial charge on any atom is -0.481 e. The van der Waals surface area contributed by atoms with Gasteiger partial charge in [0.1, 0.15) is 5.82 Å². The molecule has 1 aromatic carbocycles. The van der Waals surface area contributed by atoms with E-state index in [1.165, 1.54) is 12.1 Å². The molecule has 2 heterocycles. The third kappa shape index (κ3) is 3.75. The van der Waals surface area contributed by atoms with Crippen LogP contribution in [0.1, 0.15) is 45.6 Å². The third-order valence-corrected chi connectivity index (χ3v) is 5.66. The van der Waals surface area contributed by atoms with Crippen molar-refractivity contribution in [1.82, 2.24) is 9.80 Å². The lowest BCUT2D eigenvalue weighted by Crippen LogP contribution is -2.50. The van der Waals surface area contributed by atoms with Crippen LogP contribution in [-0.2, 0) is 16.1 Å². The number of rotatable bonds is 5. The first kappa shape index (κ1) is 18.8. The Morgan fingerprint density at radius 2 is 2.04 bits per heavy atom. The van der Waals surface area contributed by atoms with E-state index in [0.717, 1.165) is 18.4 Å². The first-order chi connectivity index (χ1) is 12.2. The zero-order valence-corrected chi connectivity index (χ0v) is 15.6. The van der Waals surface area contributed by atoms with Crippen LogP contribution in [0.3, 0.4) is 0 Å². The third-order valence-electron chi connectivity index (χ3n) is 5.66. The number of carbonyl (C=O) groups excluding carboxylic acids is 1. The summed E-state index contributed by atoms with van der Waals surface area (Å²) < 4.78 is 13.5. The van der Waals surface area contributed by atoms with Gasteiger partial charge in [0, 0.05) is 24.2 Å². The summed E-state index contributed by atoms with van der Waals surface area (Å²) in [4.78, 5) is 28.3. The summed E-state index contributed by atoms with van der Waals surface area (Å²) >= 11 is 0. The molecule has 1 amide bonds. The highest BCUT2D eigenvalue weighted by atomic mass is 19.1. The Morgan fingerprint density at radius 1 is 1.31 bits per heavy atom. The molecule has 0 radical (unpaired) electrons. The lowest BCUT2D eigenvalue weighted by Gasteiger charge is -2.37. The van der Waals surface area contributed by atoms with E-state index in [2.05, 4.69) is 4.90 Å². The van der Waals surface area contributed by atoms with Gasteiger partial charge in [-0.2, -0.15) is 0 Å². The second-order valence-corrected chi connectivity index (χ2v) is 8.43. The average molecular weight is 362 g/mol. The van der Waals surface area contributed by atoms with E-state index in [0.29, 0.717) is 13.0 Å². The Hall–Kier alpha value is -1.95. The fourth-order valence-corrected chi connectivity index (χ4v) is 4.37. The molecular formula is C20H27FN2O3. The highest BCUT2D eigenvalue weighted by Crippen LogP contribution is 2.41. The number of nitrogens with zero attached hydrogens (tertiary/aromatic N) is 2. The van der Waals surface area contributed by atoms with Gasteiger partial charge in [-0.15, -0.1) is 0 Å². The highest BCUT2D eigenvalue weighted by molar-refractivity contribution is 5.79. The zero-order chi connectivity index (χ0) is 19.1. The molecule has 3 rings (SSSR count). The van der Waals surface area contributed by atoms with E-state index < -0.39 is 11.5 Å². The van der Waals surface area contributed by atoms with Gasteiger partial charge < -0.3 is 10.0 Å². The molecule has 3 atom stereocenters. The summed E-state index contributed by atoms with van der Waals surface area (Å²) in [5.41, 5.74) is 0.343. The lowest BCUT2D eigenvalue weighted by atomic mass is 9.89. The van der Waals surface area contributed by atoms with E-state index >= 15 is 0 Å². The first-order valence-electron chi connectivity index (χ1n) is 9.20. The molecule has 0 aliphatic carbocycles. The molecule has 1 aromatic rings. The number of amides is 1. The van der Waals surface area contributed by atoms with Crippen molar-refractivity contribution in [2.24, 2.45) is 5.92 Å². The molecule has 1 N–H and O–H groups in total. The SMILES string of the molecule is CC(C)(C)N(Cc1cccc(F)c1)C(=O)CN1C2CCC1C(C(=O)O)C2. The van der Waals surface area contributed by atoms with Crippen LogP contribution in [0.5, 0.6) is 0 Å². The van der Waals surface area contributed by atoms with Gasteiger partial charge in [-0.3, -0.25) is 14.5 Å². The molecule has 0 saturated carbocycles. The van der Waals surface area contributed by atoms with Crippen molar-refractivity contribution in [3.8, 4) is 0 Å². The lowest BCUT2D eigenvalue weighted by molar-refractivity contribution is -0.144. The van der Waals surface area contributed by atoms with E-state index in [1.807, 2.05) is 26.8 Å². The molecule has 2 aliphatic rings. The van der Waals surface area contributed by atoms with Gasteiger partial charge in [0.2, 0.25) is 5.91 Å². The van der Waals surface area contributed by atoms with Gasteiger partial charge in [-0.25, -0.2) is 4.39 Å².